The number of nitrogens with one attached hydrogen (secondary N) is 1. The molecule has 0 spiro atoms. The summed E-state index contributed by atoms with van der Waals surface area (Å²) in [5.74, 6) is 0.192. The molecule has 0 aliphatic carbocycles. The lowest BCUT2D eigenvalue weighted by molar-refractivity contribution is -0.122. The van der Waals surface area contributed by atoms with Crippen molar-refractivity contribution < 1.29 is 17.9 Å². The van der Waals surface area contributed by atoms with Crippen LogP contribution in [-0.2, 0) is 14.8 Å². The van der Waals surface area contributed by atoms with Gasteiger partial charge < -0.3 is 10.1 Å². The van der Waals surface area contributed by atoms with E-state index >= 15 is 0 Å². The summed E-state index contributed by atoms with van der Waals surface area (Å²) < 4.78 is 30.1. The van der Waals surface area contributed by atoms with E-state index in [4.69, 9.17) is 16.3 Å². The van der Waals surface area contributed by atoms with Crippen molar-refractivity contribution in [1.82, 2.24) is 0 Å². The van der Waals surface area contributed by atoms with Gasteiger partial charge in [-0.1, -0.05) is 17.7 Å². The molecular formula is C18H21ClN2O4S. The molecule has 0 saturated heterocycles. The molecule has 1 N–H and O–H groups in total. The zero-order valence-corrected chi connectivity index (χ0v) is 16.6. The molecule has 8 heteroatoms. The number of benzene rings is 2. The van der Waals surface area contributed by atoms with E-state index in [9.17, 15) is 13.2 Å². The Kier molecular flexibility index (Phi) is 6.15. The SMILES string of the molecule is Cc1cc(OC(C)C(=O)Nc2cccc(N(C)S(C)(=O)=O)c2)ccc1Cl. The van der Waals surface area contributed by atoms with Crippen LogP contribution in [0.15, 0.2) is 42.5 Å². The van der Waals surface area contributed by atoms with Gasteiger partial charge in [-0.15, -0.1) is 0 Å². The van der Waals surface area contributed by atoms with Crippen LogP contribution in [0.3, 0.4) is 0 Å². The minimum atomic E-state index is -3.38. The van der Waals surface area contributed by atoms with Crippen molar-refractivity contribution in [3.05, 3.63) is 53.1 Å². The predicted octanol–water partition coefficient (Wildman–Crippen LogP) is 3.45. The number of hydrogen-bond acceptors (Lipinski definition) is 4. The van der Waals surface area contributed by atoms with Gasteiger partial charge in [-0.2, -0.15) is 0 Å². The summed E-state index contributed by atoms with van der Waals surface area (Å²) in [6.45, 7) is 3.48. The molecule has 0 aliphatic heterocycles. The predicted molar refractivity (Wildman–Crippen MR) is 105 cm³/mol. The summed E-state index contributed by atoms with van der Waals surface area (Å²) >= 11 is 5.98. The molecule has 0 fully saturated rings. The standard InChI is InChI=1S/C18H21ClN2O4S/c1-12-10-16(8-9-17(12)19)25-13(2)18(22)20-14-6-5-7-15(11-14)21(3)26(4,23)24/h5-11,13H,1-4H3,(H,20,22). The van der Waals surface area contributed by atoms with Crippen molar-refractivity contribution in [2.75, 3.05) is 22.9 Å². The summed E-state index contributed by atoms with van der Waals surface area (Å²) in [5.41, 5.74) is 1.78. The molecular weight excluding hydrogens is 376 g/mol. The second kappa shape index (κ2) is 7.97. The zero-order chi connectivity index (χ0) is 19.5. The monoisotopic (exact) mass is 396 g/mol. The average molecular weight is 397 g/mol. The Hall–Kier alpha value is -2.25. The highest BCUT2D eigenvalue weighted by Crippen LogP contribution is 2.23. The van der Waals surface area contributed by atoms with E-state index in [1.807, 2.05) is 6.92 Å². The maximum absolute atomic E-state index is 12.4. The number of carbonyl (C=O) groups is 1. The molecule has 0 bridgehead atoms. The first kappa shape index (κ1) is 20.1. The number of hydrogen-bond donors (Lipinski definition) is 1. The largest absolute Gasteiger partial charge is 0.481 e. The van der Waals surface area contributed by atoms with Crippen molar-refractivity contribution in [3.8, 4) is 5.75 Å². The van der Waals surface area contributed by atoms with Gasteiger partial charge in [-0.3, -0.25) is 9.10 Å². The van der Waals surface area contributed by atoms with Crippen LogP contribution in [0.1, 0.15) is 12.5 Å². The molecule has 6 nitrogen and oxygen atoms in total. The van der Waals surface area contributed by atoms with Crippen LogP contribution in [0.2, 0.25) is 5.02 Å². The smallest absolute Gasteiger partial charge is 0.265 e. The Morgan fingerprint density at radius 2 is 1.92 bits per heavy atom. The topological polar surface area (TPSA) is 75.7 Å². The van der Waals surface area contributed by atoms with Gasteiger partial charge >= 0.3 is 0 Å². The minimum Gasteiger partial charge on any atom is -0.481 e. The Labute approximate surface area is 158 Å². The van der Waals surface area contributed by atoms with Crippen LogP contribution >= 0.6 is 11.6 Å². The highest BCUT2D eigenvalue weighted by atomic mass is 35.5. The summed E-state index contributed by atoms with van der Waals surface area (Å²) in [5, 5.41) is 3.35. The van der Waals surface area contributed by atoms with Crippen LogP contribution in [0.5, 0.6) is 5.75 Å². The van der Waals surface area contributed by atoms with E-state index in [0.717, 1.165) is 16.1 Å². The van der Waals surface area contributed by atoms with E-state index in [-0.39, 0.29) is 5.91 Å². The van der Waals surface area contributed by atoms with Gasteiger partial charge in [0.15, 0.2) is 6.10 Å². The quantitative estimate of drug-likeness (QED) is 0.811. The Balaban J connectivity index is 2.08. The Bertz CT molecular complexity index is 915. The average Bonchev–Trinajstić information content (AvgIpc) is 2.56. The summed E-state index contributed by atoms with van der Waals surface area (Å²) in [7, 11) is -1.93. The van der Waals surface area contributed by atoms with Gasteiger partial charge in [0.25, 0.3) is 5.91 Å². The fourth-order valence-corrected chi connectivity index (χ4v) is 2.78. The van der Waals surface area contributed by atoms with E-state index in [2.05, 4.69) is 5.32 Å². The van der Waals surface area contributed by atoms with Crippen LogP contribution in [0, 0.1) is 6.92 Å². The molecule has 26 heavy (non-hydrogen) atoms. The fraction of sp³-hybridized carbons (Fsp3) is 0.278. The number of anilines is 2. The molecule has 0 radical (unpaired) electrons. The molecule has 0 heterocycles. The van der Waals surface area contributed by atoms with Gasteiger partial charge in [0.05, 0.1) is 11.9 Å². The lowest BCUT2D eigenvalue weighted by Crippen LogP contribution is -2.30. The van der Waals surface area contributed by atoms with Crippen LogP contribution < -0.4 is 14.4 Å². The Morgan fingerprint density at radius 3 is 2.54 bits per heavy atom. The summed E-state index contributed by atoms with van der Waals surface area (Å²) in [4.78, 5) is 12.4. The number of nitrogens with zero attached hydrogens (tertiary/aromatic N) is 1. The number of sulfonamides is 1. The zero-order valence-electron chi connectivity index (χ0n) is 15.0. The lowest BCUT2D eigenvalue weighted by Gasteiger charge is -2.18. The Morgan fingerprint density at radius 1 is 1.23 bits per heavy atom. The lowest BCUT2D eigenvalue weighted by atomic mass is 10.2. The van der Waals surface area contributed by atoms with Crippen molar-refractivity contribution in [3.63, 3.8) is 0 Å². The third-order valence-electron chi connectivity index (χ3n) is 3.79. The third-order valence-corrected chi connectivity index (χ3v) is 5.42. The maximum atomic E-state index is 12.4. The number of amides is 1. The molecule has 1 atom stereocenters. The highest BCUT2D eigenvalue weighted by molar-refractivity contribution is 7.92. The van der Waals surface area contributed by atoms with Gasteiger partial charge in [0, 0.05) is 17.8 Å². The normalized spacial score (nSPS) is 12.3. The molecule has 2 rings (SSSR count). The molecule has 140 valence electrons. The van der Waals surface area contributed by atoms with E-state index < -0.39 is 16.1 Å². The second-order valence-electron chi connectivity index (χ2n) is 5.94. The molecule has 1 amide bonds. The van der Waals surface area contributed by atoms with Crippen LogP contribution in [0.4, 0.5) is 11.4 Å². The summed E-state index contributed by atoms with van der Waals surface area (Å²) in [6, 6.07) is 11.7. The number of rotatable bonds is 6. The first-order valence-electron chi connectivity index (χ1n) is 7.85. The van der Waals surface area contributed by atoms with Crippen molar-refractivity contribution in [1.29, 1.82) is 0 Å². The molecule has 0 aliphatic rings. The molecule has 1 unspecified atom stereocenters. The van der Waals surface area contributed by atoms with Gasteiger partial charge in [0.2, 0.25) is 10.0 Å². The minimum absolute atomic E-state index is 0.350. The van der Waals surface area contributed by atoms with Crippen molar-refractivity contribution in [2.24, 2.45) is 0 Å². The second-order valence-corrected chi connectivity index (χ2v) is 8.36. The molecule has 2 aromatic carbocycles. The van der Waals surface area contributed by atoms with Crippen molar-refractivity contribution in [2.45, 2.75) is 20.0 Å². The summed E-state index contributed by atoms with van der Waals surface area (Å²) in [6.07, 6.45) is 0.370. The van der Waals surface area contributed by atoms with Crippen LogP contribution in [-0.4, -0.2) is 33.7 Å². The maximum Gasteiger partial charge on any atom is 0.265 e. The first-order valence-corrected chi connectivity index (χ1v) is 10.1. The van der Waals surface area contributed by atoms with E-state index in [1.165, 1.54) is 7.05 Å². The third kappa shape index (κ3) is 5.12. The van der Waals surface area contributed by atoms with Gasteiger partial charge in [-0.25, -0.2) is 8.42 Å². The van der Waals surface area contributed by atoms with E-state index in [1.54, 1.807) is 49.4 Å². The van der Waals surface area contributed by atoms with Crippen LogP contribution in [0.25, 0.3) is 0 Å². The molecule has 0 saturated carbocycles. The fourth-order valence-electron chi connectivity index (χ4n) is 2.16. The molecule has 2 aromatic rings. The first-order chi connectivity index (χ1) is 12.1. The number of halogens is 1. The highest BCUT2D eigenvalue weighted by Gasteiger charge is 2.17. The van der Waals surface area contributed by atoms with Crippen molar-refractivity contribution >= 4 is 38.9 Å². The molecule has 0 aromatic heterocycles. The number of aryl methyl sites for hydroxylation is 1. The number of carbonyl (C=O) groups excluding carboxylic acids is 1. The van der Waals surface area contributed by atoms with Gasteiger partial charge in [-0.05, 0) is 55.8 Å². The van der Waals surface area contributed by atoms with E-state index in [0.29, 0.717) is 22.1 Å². The number of ether oxygens (including phenoxy) is 1. The van der Waals surface area contributed by atoms with Gasteiger partial charge in [0.1, 0.15) is 5.75 Å².